The van der Waals surface area contributed by atoms with Crippen molar-refractivity contribution < 1.29 is 9.47 Å². The molecule has 0 radical (unpaired) electrons. The average Bonchev–Trinajstić information content (AvgIpc) is 2.49. The Bertz CT molecular complexity index is 785. The van der Waals surface area contributed by atoms with E-state index < -0.39 is 0 Å². The molecule has 0 saturated heterocycles. The van der Waals surface area contributed by atoms with Crippen molar-refractivity contribution in [3.05, 3.63) is 59.1 Å². The van der Waals surface area contributed by atoms with E-state index in [1.165, 1.54) is 0 Å². The molecule has 106 valence electrons. The molecule has 3 rings (SSSR count). The first-order chi connectivity index (χ1) is 10.2. The largest absolute Gasteiger partial charge is 0.497 e. The Morgan fingerprint density at radius 2 is 1.67 bits per heavy atom. The number of aryl methyl sites for hydroxylation is 1. The first-order valence-electron chi connectivity index (χ1n) is 6.54. The molecule has 0 amide bonds. The van der Waals surface area contributed by atoms with Crippen molar-refractivity contribution in [1.82, 2.24) is 4.98 Å². The standard InChI is InChI=1S/C17H14ClNO2/c1-11-9-17(19-16-8-3-12(18)10-15(11)16)21-14-6-4-13(20-2)5-7-14/h3-10H,1-2H3. The Morgan fingerprint density at radius 1 is 0.952 bits per heavy atom. The highest BCUT2D eigenvalue weighted by atomic mass is 35.5. The van der Waals surface area contributed by atoms with E-state index >= 15 is 0 Å². The number of hydrogen-bond acceptors (Lipinski definition) is 3. The predicted octanol–water partition coefficient (Wildman–Crippen LogP) is 5.00. The lowest BCUT2D eigenvalue weighted by atomic mass is 10.1. The molecule has 0 spiro atoms. The van der Waals surface area contributed by atoms with Crippen LogP contribution in [-0.2, 0) is 0 Å². The highest BCUT2D eigenvalue weighted by molar-refractivity contribution is 6.31. The minimum Gasteiger partial charge on any atom is -0.497 e. The zero-order chi connectivity index (χ0) is 14.8. The Kier molecular flexibility index (Phi) is 3.67. The lowest BCUT2D eigenvalue weighted by Gasteiger charge is -2.09. The molecule has 0 unspecified atom stereocenters. The molecule has 0 atom stereocenters. The highest BCUT2D eigenvalue weighted by Crippen LogP contribution is 2.28. The summed E-state index contributed by atoms with van der Waals surface area (Å²) in [5.41, 5.74) is 1.94. The van der Waals surface area contributed by atoms with Gasteiger partial charge in [0.25, 0.3) is 0 Å². The molecule has 0 aliphatic rings. The zero-order valence-corrected chi connectivity index (χ0v) is 12.5. The van der Waals surface area contributed by atoms with Gasteiger partial charge in [0.15, 0.2) is 0 Å². The Hall–Kier alpha value is -2.26. The van der Waals surface area contributed by atoms with Crippen LogP contribution in [0.3, 0.4) is 0 Å². The highest BCUT2D eigenvalue weighted by Gasteiger charge is 2.06. The first-order valence-corrected chi connectivity index (χ1v) is 6.92. The maximum absolute atomic E-state index is 6.02. The molecular weight excluding hydrogens is 286 g/mol. The van der Waals surface area contributed by atoms with E-state index in [4.69, 9.17) is 21.1 Å². The van der Waals surface area contributed by atoms with Crippen molar-refractivity contribution in [2.24, 2.45) is 0 Å². The normalized spacial score (nSPS) is 10.6. The number of benzene rings is 2. The second-order valence-electron chi connectivity index (χ2n) is 4.72. The molecule has 0 N–H and O–H groups in total. The molecule has 0 aliphatic heterocycles. The van der Waals surface area contributed by atoms with Crippen LogP contribution in [0.15, 0.2) is 48.5 Å². The molecule has 1 aromatic heterocycles. The number of rotatable bonds is 3. The van der Waals surface area contributed by atoms with Crippen LogP contribution in [0.2, 0.25) is 5.02 Å². The summed E-state index contributed by atoms with van der Waals surface area (Å²) in [4.78, 5) is 4.50. The first kappa shape index (κ1) is 13.7. The summed E-state index contributed by atoms with van der Waals surface area (Å²) >= 11 is 6.02. The van der Waals surface area contributed by atoms with Crippen LogP contribution in [0, 0.1) is 6.92 Å². The van der Waals surface area contributed by atoms with Gasteiger partial charge in [0, 0.05) is 16.5 Å². The van der Waals surface area contributed by atoms with Gasteiger partial charge in [-0.15, -0.1) is 0 Å². The number of pyridine rings is 1. The van der Waals surface area contributed by atoms with Crippen molar-refractivity contribution >= 4 is 22.5 Å². The molecular formula is C17H14ClNO2. The molecule has 0 aliphatic carbocycles. The van der Waals surface area contributed by atoms with E-state index in [1.54, 1.807) is 7.11 Å². The van der Waals surface area contributed by atoms with Gasteiger partial charge in [-0.25, -0.2) is 4.98 Å². The average molecular weight is 300 g/mol. The van der Waals surface area contributed by atoms with Gasteiger partial charge in [-0.1, -0.05) is 11.6 Å². The monoisotopic (exact) mass is 299 g/mol. The van der Waals surface area contributed by atoms with Gasteiger partial charge < -0.3 is 9.47 Å². The third-order valence-electron chi connectivity index (χ3n) is 3.24. The molecule has 0 saturated carbocycles. The molecule has 4 heteroatoms. The Morgan fingerprint density at radius 3 is 2.38 bits per heavy atom. The van der Waals surface area contributed by atoms with Crippen LogP contribution in [0.1, 0.15) is 5.56 Å². The predicted molar refractivity (Wildman–Crippen MR) is 84.6 cm³/mol. The molecule has 0 fully saturated rings. The third-order valence-corrected chi connectivity index (χ3v) is 3.47. The van der Waals surface area contributed by atoms with Gasteiger partial charge in [0.05, 0.1) is 12.6 Å². The van der Waals surface area contributed by atoms with E-state index in [2.05, 4.69) is 4.98 Å². The van der Waals surface area contributed by atoms with Gasteiger partial charge >= 0.3 is 0 Å². The second-order valence-corrected chi connectivity index (χ2v) is 5.15. The van der Waals surface area contributed by atoms with Crippen LogP contribution < -0.4 is 9.47 Å². The van der Waals surface area contributed by atoms with Gasteiger partial charge in [0.1, 0.15) is 11.5 Å². The summed E-state index contributed by atoms with van der Waals surface area (Å²) in [6, 6.07) is 14.9. The number of aromatic nitrogens is 1. The second kappa shape index (κ2) is 5.62. The van der Waals surface area contributed by atoms with Gasteiger partial charge in [-0.2, -0.15) is 0 Å². The van der Waals surface area contributed by atoms with Crippen molar-refractivity contribution in [1.29, 1.82) is 0 Å². The third kappa shape index (κ3) is 2.93. The summed E-state index contributed by atoms with van der Waals surface area (Å²) in [6.07, 6.45) is 0. The maximum atomic E-state index is 6.02. The van der Waals surface area contributed by atoms with E-state index in [-0.39, 0.29) is 0 Å². The fourth-order valence-electron chi connectivity index (χ4n) is 2.15. The number of hydrogen-bond donors (Lipinski definition) is 0. The quantitative estimate of drug-likeness (QED) is 0.682. The van der Waals surface area contributed by atoms with Crippen LogP contribution in [-0.4, -0.2) is 12.1 Å². The molecule has 0 bridgehead atoms. The van der Waals surface area contributed by atoms with Gasteiger partial charge in [-0.05, 0) is 55.0 Å². The molecule has 1 heterocycles. The lowest BCUT2D eigenvalue weighted by molar-refractivity contribution is 0.412. The van der Waals surface area contributed by atoms with Crippen LogP contribution in [0.5, 0.6) is 17.4 Å². The fraction of sp³-hybridized carbons (Fsp3) is 0.118. The summed E-state index contributed by atoms with van der Waals surface area (Å²) in [6.45, 7) is 2.02. The fourth-order valence-corrected chi connectivity index (χ4v) is 2.32. The summed E-state index contributed by atoms with van der Waals surface area (Å²) in [5, 5.41) is 1.74. The number of nitrogens with zero attached hydrogens (tertiary/aromatic N) is 1. The van der Waals surface area contributed by atoms with E-state index in [9.17, 15) is 0 Å². The lowest BCUT2D eigenvalue weighted by Crippen LogP contribution is -1.91. The number of methoxy groups -OCH3 is 1. The van der Waals surface area contributed by atoms with Crippen molar-refractivity contribution in [2.75, 3.05) is 7.11 Å². The smallest absolute Gasteiger partial charge is 0.220 e. The van der Waals surface area contributed by atoms with Gasteiger partial charge in [0.2, 0.25) is 5.88 Å². The van der Waals surface area contributed by atoms with Crippen molar-refractivity contribution in [2.45, 2.75) is 6.92 Å². The Balaban J connectivity index is 1.95. The molecule has 3 nitrogen and oxygen atoms in total. The van der Waals surface area contributed by atoms with Crippen LogP contribution >= 0.6 is 11.6 Å². The number of fused-ring (bicyclic) bond motifs is 1. The number of ether oxygens (including phenoxy) is 2. The van der Waals surface area contributed by atoms with Crippen molar-refractivity contribution in [3.63, 3.8) is 0 Å². The van der Waals surface area contributed by atoms with Crippen molar-refractivity contribution in [3.8, 4) is 17.4 Å². The van der Waals surface area contributed by atoms with E-state index in [1.807, 2.05) is 55.5 Å². The minimum absolute atomic E-state index is 0.562. The Labute approximate surface area is 128 Å². The molecule has 3 aromatic rings. The summed E-state index contributed by atoms with van der Waals surface area (Å²) in [7, 11) is 1.63. The summed E-state index contributed by atoms with van der Waals surface area (Å²) < 4.78 is 10.9. The molecule has 21 heavy (non-hydrogen) atoms. The van der Waals surface area contributed by atoms with Crippen LogP contribution in [0.25, 0.3) is 10.9 Å². The maximum Gasteiger partial charge on any atom is 0.220 e. The SMILES string of the molecule is COc1ccc(Oc2cc(C)c3cc(Cl)ccc3n2)cc1. The minimum atomic E-state index is 0.562. The summed E-state index contributed by atoms with van der Waals surface area (Å²) in [5.74, 6) is 2.07. The van der Waals surface area contributed by atoms with E-state index in [0.717, 1.165) is 28.0 Å². The number of halogens is 1. The van der Waals surface area contributed by atoms with E-state index in [0.29, 0.717) is 10.9 Å². The molecule has 2 aromatic carbocycles. The van der Waals surface area contributed by atoms with Crippen LogP contribution in [0.4, 0.5) is 0 Å². The van der Waals surface area contributed by atoms with Gasteiger partial charge in [-0.3, -0.25) is 0 Å². The zero-order valence-electron chi connectivity index (χ0n) is 11.8. The topological polar surface area (TPSA) is 31.4 Å².